The van der Waals surface area contributed by atoms with Gasteiger partial charge in [0.2, 0.25) is 0 Å². The molecule has 0 aliphatic heterocycles. The molecule has 0 amide bonds. The van der Waals surface area contributed by atoms with Crippen LogP contribution >= 0.6 is 6.26 Å². The van der Waals surface area contributed by atoms with E-state index >= 15 is 0 Å². The molecule has 0 saturated carbocycles. The van der Waals surface area contributed by atoms with E-state index in [4.69, 9.17) is 16.3 Å². The van der Waals surface area contributed by atoms with E-state index in [1.54, 1.807) is 0 Å². The predicted octanol–water partition coefficient (Wildman–Crippen LogP) is 2.85. The summed E-state index contributed by atoms with van der Waals surface area (Å²) >= 11 is 5.37. The Hall–Kier alpha value is 0.610. The smallest absolute Gasteiger partial charge is 0.0672 e. The summed E-state index contributed by atoms with van der Waals surface area (Å²) in [5.74, 6) is 0. The molecule has 0 unspecified atom stereocenters. The highest BCUT2D eigenvalue weighted by molar-refractivity contribution is 8.12. The van der Waals surface area contributed by atoms with Gasteiger partial charge in [-0.2, -0.15) is 0 Å². The van der Waals surface area contributed by atoms with Crippen LogP contribution in [0, 0.1) is 0 Å². The SMILES string of the molecule is CCP(=S)(CC)OC(C)C. The third-order valence-corrected chi connectivity index (χ3v) is 5.91. The summed E-state index contributed by atoms with van der Waals surface area (Å²) in [6.07, 6.45) is 0.943. The lowest BCUT2D eigenvalue weighted by atomic mass is 10.5. The van der Waals surface area contributed by atoms with Crippen molar-refractivity contribution in [1.29, 1.82) is 0 Å². The Balaban J connectivity index is 3.94. The van der Waals surface area contributed by atoms with Crippen molar-refractivity contribution in [2.45, 2.75) is 33.8 Å². The fraction of sp³-hybridized carbons (Fsp3) is 1.00. The van der Waals surface area contributed by atoms with Crippen molar-refractivity contribution >= 4 is 18.1 Å². The summed E-state index contributed by atoms with van der Waals surface area (Å²) in [5.41, 5.74) is 0. The van der Waals surface area contributed by atoms with Crippen molar-refractivity contribution in [3.8, 4) is 0 Å². The van der Waals surface area contributed by atoms with Gasteiger partial charge in [0.15, 0.2) is 0 Å². The topological polar surface area (TPSA) is 9.23 Å². The Morgan fingerprint density at radius 1 is 1.30 bits per heavy atom. The minimum atomic E-state index is -1.40. The highest BCUT2D eigenvalue weighted by Crippen LogP contribution is 2.47. The minimum Gasteiger partial charge on any atom is -0.348 e. The normalized spacial score (nSPS) is 12.5. The van der Waals surface area contributed by atoms with Crippen molar-refractivity contribution < 1.29 is 4.52 Å². The van der Waals surface area contributed by atoms with Crippen LogP contribution in [0.25, 0.3) is 0 Å². The molecule has 0 aliphatic carbocycles. The van der Waals surface area contributed by atoms with Gasteiger partial charge in [-0.05, 0) is 26.2 Å². The first kappa shape index (κ1) is 10.6. The third kappa shape index (κ3) is 3.70. The second kappa shape index (κ2) is 4.48. The molecule has 0 aromatic rings. The quantitative estimate of drug-likeness (QED) is 0.615. The molecule has 0 atom stereocenters. The molecule has 0 heterocycles. The van der Waals surface area contributed by atoms with Crippen LogP contribution in [0.1, 0.15) is 27.7 Å². The zero-order valence-electron chi connectivity index (χ0n) is 7.26. The summed E-state index contributed by atoms with van der Waals surface area (Å²) < 4.78 is 5.66. The first-order chi connectivity index (χ1) is 4.54. The van der Waals surface area contributed by atoms with E-state index in [0.717, 1.165) is 12.3 Å². The van der Waals surface area contributed by atoms with Crippen molar-refractivity contribution in [2.75, 3.05) is 12.3 Å². The highest BCUT2D eigenvalue weighted by atomic mass is 32.4. The maximum absolute atomic E-state index is 5.66. The van der Waals surface area contributed by atoms with Gasteiger partial charge in [-0.15, -0.1) is 0 Å². The third-order valence-electron chi connectivity index (χ3n) is 1.37. The number of hydrogen-bond donors (Lipinski definition) is 0. The average molecular weight is 180 g/mol. The fourth-order valence-corrected chi connectivity index (χ4v) is 2.79. The summed E-state index contributed by atoms with van der Waals surface area (Å²) in [6, 6.07) is 0. The summed E-state index contributed by atoms with van der Waals surface area (Å²) in [5, 5.41) is 0. The molecule has 0 aliphatic rings. The lowest BCUT2D eigenvalue weighted by Crippen LogP contribution is -2.03. The Morgan fingerprint density at radius 3 is 1.80 bits per heavy atom. The number of rotatable bonds is 4. The first-order valence-corrected chi connectivity index (χ1v) is 6.89. The van der Waals surface area contributed by atoms with Crippen LogP contribution in [0.4, 0.5) is 0 Å². The van der Waals surface area contributed by atoms with E-state index in [-0.39, 0.29) is 0 Å². The van der Waals surface area contributed by atoms with E-state index in [1.165, 1.54) is 0 Å². The van der Waals surface area contributed by atoms with Crippen LogP contribution in [0.2, 0.25) is 0 Å². The summed E-state index contributed by atoms with van der Waals surface area (Å²) in [6.45, 7) is 8.33. The first-order valence-electron chi connectivity index (χ1n) is 3.80. The van der Waals surface area contributed by atoms with Gasteiger partial charge in [0.05, 0.1) is 12.4 Å². The predicted molar refractivity (Wildman–Crippen MR) is 51.6 cm³/mol. The van der Waals surface area contributed by atoms with Gasteiger partial charge in [-0.1, -0.05) is 25.7 Å². The van der Waals surface area contributed by atoms with Gasteiger partial charge in [-0.25, -0.2) is 0 Å². The van der Waals surface area contributed by atoms with Crippen LogP contribution in [0.5, 0.6) is 0 Å². The molecule has 0 fully saturated rings. The van der Waals surface area contributed by atoms with Gasteiger partial charge in [0, 0.05) is 0 Å². The van der Waals surface area contributed by atoms with Gasteiger partial charge in [0.1, 0.15) is 0 Å². The van der Waals surface area contributed by atoms with Gasteiger partial charge in [0.25, 0.3) is 0 Å². The molecular formula is C7H17OPS. The van der Waals surface area contributed by atoms with Crippen molar-refractivity contribution in [3.63, 3.8) is 0 Å². The Bertz CT molecular complexity index is 126. The summed E-state index contributed by atoms with van der Waals surface area (Å²) in [4.78, 5) is 0. The van der Waals surface area contributed by atoms with Crippen molar-refractivity contribution in [1.82, 2.24) is 0 Å². The molecule has 0 aromatic carbocycles. The van der Waals surface area contributed by atoms with Crippen LogP contribution in [0.15, 0.2) is 0 Å². The van der Waals surface area contributed by atoms with E-state index in [0.29, 0.717) is 6.10 Å². The molecular weight excluding hydrogens is 163 g/mol. The largest absolute Gasteiger partial charge is 0.348 e. The minimum absolute atomic E-state index is 0.297. The van der Waals surface area contributed by atoms with Gasteiger partial charge >= 0.3 is 0 Å². The van der Waals surface area contributed by atoms with Gasteiger partial charge < -0.3 is 4.52 Å². The maximum atomic E-state index is 5.66. The van der Waals surface area contributed by atoms with Crippen LogP contribution < -0.4 is 0 Å². The Morgan fingerprint density at radius 2 is 1.70 bits per heavy atom. The molecule has 0 bridgehead atoms. The van der Waals surface area contributed by atoms with Crippen LogP contribution in [-0.4, -0.2) is 18.4 Å². The maximum Gasteiger partial charge on any atom is 0.0672 e. The average Bonchev–Trinajstić information content (AvgIpc) is 1.87. The molecule has 0 spiro atoms. The van der Waals surface area contributed by atoms with Gasteiger partial charge in [-0.3, -0.25) is 0 Å². The molecule has 1 nitrogen and oxygen atoms in total. The fourth-order valence-electron chi connectivity index (χ4n) is 0.757. The Labute approximate surface area is 69.2 Å². The molecule has 0 N–H and O–H groups in total. The molecule has 62 valence electrons. The van der Waals surface area contributed by atoms with Crippen LogP contribution in [-0.2, 0) is 16.3 Å². The molecule has 0 aromatic heterocycles. The summed E-state index contributed by atoms with van der Waals surface area (Å²) in [7, 11) is 0. The van der Waals surface area contributed by atoms with E-state index in [2.05, 4.69) is 13.8 Å². The standard InChI is InChI=1S/C7H17OPS/c1-5-9(10,6-2)8-7(3)4/h7H,5-6H2,1-4H3. The monoisotopic (exact) mass is 180 g/mol. The second-order valence-electron chi connectivity index (χ2n) is 2.60. The number of hydrogen-bond acceptors (Lipinski definition) is 2. The molecule has 10 heavy (non-hydrogen) atoms. The van der Waals surface area contributed by atoms with Crippen molar-refractivity contribution in [3.05, 3.63) is 0 Å². The second-order valence-corrected chi connectivity index (χ2v) is 7.70. The van der Waals surface area contributed by atoms with E-state index in [1.807, 2.05) is 13.8 Å². The van der Waals surface area contributed by atoms with Crippen LogP contribution in [0.3, 0.4) is 0 Å². The Kier molecular flexibility index (Phi) is 4.75. The lowest BCUT2D eigenvalue weighted by Gasteiger charge is -2.21. The molecule has 0 saturated heterocycles. The van der Waals surface area contributed by atoms with Crippen molar-refractivity contribution in [2.24, 2.45) is 0 Å². The zero-order chi connectivity index (χ0) is 8.20. The lowest BCUT2D eigenvalue weighted by molar-refractivity contribution is 0.269. The molecule has 3 heteroatoms. The zero-order valence-corrected chi connectivity index (χ0v) is 8.97. The molecule has 0 radical (unpaired) electrons. The molecule has 0 rings (SSSR count). The van der Waals surface area contributed by atoms with E-state index < -0.39 is 6.26 Å². The highest BCUT2D eigenvalue weighted by Gasteiger charge is 2.13. The van der Waals surface area contributed by atoms with E-state index in [9.17, 15) is 0 Å².